The average molecular weight is 282 g/mol. The first-order valence-electron chi connectivity index (χ1n) is 8.13. The summed E-state index contributed by atoms with van der Waals surface area (Å²) in [6, 6.07) is 0. The molecule has 0 saturated heterocycles. The number of esters is 1. The maximum Gasteiger partial charge on any atom is 0.309 e. The molecule has 1 aliphatic rings. The van der Waals surface area contributed by atoms with Crippen LogP contribution in [0.1, 0.15) is 85.0 Å². The molecular formula is C17H30O3. The van der Waals surface area contributed by atoms with Gasteiger partial charge in [0, 0.05) is 6.42 Å². The molecule has 0 bridgehead atoms. The van der Waals surface area contributed by atoms with E-state index in [1.54, 1.807) is 6.92 Å². The predicted molar refractivity (Wildman–Crippen MR) is 80.5 cm³/mol. The van der Waals surface area contributed by atoms with Gasteiger partial charge in [0.05, 0.1) is 5.92 Å². The largest absolute Gasteiger partial charge is 0.459 e. The van der Waals surface area contributed by atoms with Gasteiger partial charge in [-0.05, 0) is 52.9 Å². The second-order valence-corrected chi connectivity index (χ2v) is 6.78. The summed E-state index contributed by atoms with van der Waals surface area (Å²) in [5.74, 6) is 0.382. The Bertz CT molecular complexity index is 314. The molecule has 0 aliphatic heterocycles. The van der Waals surface area contributed by atoms with Crippen molar-refractivity contribution in [1.82, 2.24) is 0 Å². The van der Waals surface area contributed by atoms with Crippen LogP contribution in [0.4, 0.5) is 0 Å². The van der Waals surface area contributed by atoms with Crippen molar-refractivity contribution >= 4 is 11.8 Å². The van der Waals surface area contributed by atoms with E-state index < -0.39 is 0 Å². The number of ketones is 1. The third kappa shape index (κ3) is 7.06. The molecular weight excluding hydrogens is 252 g/mol. The van der Waals surface area contributed by atoms with E-state index in [1.807, 2.05) is 13.8 Å². The van der Waals surface area contributed by atoms with E-state index in [2.05, 4.69) is 0 Å². The highest BCUT2D eigenvalue weighted by Gasteiger charge is 2.28. The third-order valence-electron chi connectivity index (χ3n) is 4.12. The Kier molecular flexibility index (Phi) is 7.25. The summed E-state index contributed by atoms with van der Waals surface area (Å²) in [5, 5.41) is 0. The maximum absolute atomic E-state index is 12.1. The first kappa shape index (κ1) is 17.2. The Morgan fingerprint density at radius 3 is 2.30 bits per heavy atom. The van der Waals surface area contributed by atoms with Gasteiger partial charge in [-0.2, -0.15) is 0 Å². The van der Waals surface area contributed by atoms with Gasteiger partial charge in [-0.1, -0.05) is 25.7 Å². The molecule has 0 heterocycles. The van der Waals surface area contributed by atoms with E-state index in [0.717, 1.165) is 51.4 Å². The molecule has 0 unspecified atom stereocenters. The number of ether oxygens (including phenoxy) is 1. The molecule has 1 fully saturated rings. The number of carbonyl (C=O) groups is 2. The quantitative estimate of drug-likeness (QED) is 0.488. The summed E-state index contributed by atoms with van der Waals surface area (Å²) in [7, 11) is 0. The number of carbonyl (C=O) groups excluding carboxylic acids is 2. The minimum atomic E-state index is -0.370. The standard InChI is InChI=1S/C17H30O3/c1-14(18)10-6-5-9-13-17(2,3)20-16(19)15-11-7-4-8-12-15/h15H,4-13H2,1-3H3. The lowest BCUT2D eigenvalue weighted by Crippen LogP contribution is -2.32. The number of hydrogen-bond donors (Lipinski definition) is 0. The van der Waals surface area contributed by atoms with E-state index >= 15 is 0 Å². The monoisotopic (exact) mass is 282 g/mol. The number of hydrogen-bond acceptors (Lipinski definition) is 3. The van der Waals surface area contributed by atoms with Crippen molar-refractivity contribution in [2.24, 2.45) is 5.92 Å². The van der Waals surface area contributed by atoms with Crippen LogP contribution in [0, 0.1) is 5.92 Å². The molecule has 0 atom stereocenters. The van der Waals surface area contributed by atoms with Crippen molar-refractivity contribution in [2.45, 2.75) is 90.6 Å². The zero-order valence-electron chi connectivity index (χ0n) is 13.4. The molecule has 0 aromatic heterocycles. The average Bonchev–Trinajstić information content (AvgIpc) is 2.38. The summed E-state index contributed by atoms with van der Waals surface area (Å²) in [6.45, 7) is 5.63. The van der Waals surface area contributed by atoms with Crippen LogP contribution in [0.25, 0.3) is 0 Å². The van der Waals surface area contributed by atoms with Gasteiger partial charge in [-0.25, -0.2) is 0 Å². The van der Waals surface area contributed by atoms with Gasteiger partial charge in [0.15, 0.2) is 0 Å². The van der Waals surface area contributed by atoms with Crippen LogP contribution in [-0.2, 0) is 14.3 Å². The fourth-order valence-corrected chi connectivity index (χ4v) is 2.85. The SMILES string of the molecule is CC(=O)CCCCCC(C)(C)OC(=O)C1CCCCC1. The van der Waals surface area contributed by atoms with Crippen LogP contribution in [0.5, 0.6) is 0 Å². The van der Waals surface area contributed by atoms with Crippen LogP contribution in [-0.4, -0.2) is 17.4 Å². The fourth-order valence-electron chi connectivity index (χ4n) is 2.85. The molecule has 0 aromatic carbocycles. The fraction of sp³-hybridized carbons (Fsp3) is 0.882. The van der Waals surface area contributed by atoms with Gasteiger partial charge in [0.25, 0.3) is 0 Å². The minimum Gasteiger partial charge on any atom is -0.459 e. The number of rotatable bonds is 8. The van der Waals surface area contributed by atoms with Crippen LogP contribution >= 0.6 is 0 Å². The lowest BCUT2D eigenvalue weighted by atomic mass is 9.89. The second-order valence-electron chi connectivity index (χ2n) is 6.78. The Morgan fingerprint density at radius 2 is 1.70 bits per heavy atom. The van der Waals surface area contributed by atoms with Crippen molar-refractivity contribution in [3.63, 3.8) is 0 Å². The first-order valence-corrected chi connectivity index (χ1v) is 8.13. The predicted octanol–water partition coefficient (Wildman–Crippen LogP) is 4.43. The third-order valence-corrected chi connectivity index (χ3v) is 4.12. The van der Waals surface area contributed by atoms with E-state index in [4.69, 9.17) is 4.74 Å². The second kappa shape index (κ2) is 8.43. The molecule has 0 N–H and O–H groups in total. The molecule has 20 heavy (non-hydrogen) atoms. The number of Topliss-reactive ketones (excluding diaryl/α,β-unsaturated/α-hetero) is 1. The molecule has 116 valence electrons. The van der Waals surface area contributed by atoms with Crippen LogP contribution in [0.15, 0.2) is 0 Å². The molecule has 1 aliphatic carbocycles. The van der Waals surface area contributed by atoms with Crippen molar-refractivity contribution < 1.29 is 14.3 Å². The zero-order chi connectivity index (χ0) is 15.0. The summed E-state index contributed by atoms with van der Waals surface area (Å²) < 4.78 is 5.70. The highest BCUT2D eigenvalue weighted by molar-refractivity contribution is 5.75. The summed E-state index contributed by atoms with van der Waals surface area (Å²) >= 11 is 0. The van der Waals surface area contributed by atoms with E-state index in [9.17, 15) is 9.59 Å². The molecule has 3 nitrogen and oxygen atoms in total. The first-order chi connectivity index (χ1) is 9.41. The topological polar surface area (TPSA) is 43.4 Å². The summed E-state index contributed by atoms with van der Waals surface area (Å²) in [6.07, 6.45) is 10.1. The van der Waals surface area contributed by atoms with Crippen LogP contribution in [0.3, 0.4) is 0 Å². The zero-order valence-corrected chi connectivity index (χ0v) is 13.4. The highest BCUT2D eigenvalue weighted by Crippen LogP contribution is 2.28. The number of unbranched alkanes of at least 4 members (excludes halogenated alkanes) is 2. The minimum absolute atomic E-state index is 0.00145. The highest BCUT2D eigenvalue weighted by atomic mass is 16.6. The van der Waals surface area contributed by atoms with Crippen molar-refractivity contribution in [3.05, 3.63) is 0 Å². The molecule has 1 rings (SSSR count). The van der Waals surface area contributed by atoms with Gasteiger partial charge >= 0.3 is 5.97 Å². The van der Waals surface area contributed by atoms with Crippen LogP contribution in [0.2, 0.25) is 0 Å². The Hall–Kier alpha value is -0.860. The summed E-state index contributed by atoms with van der Waals surface area (Å²) in [5.41, 5.74) is -0.370. The lowest BCUT2D eigenvalue weighted by Gasteiger charge is -2.29. The van der Waals surface area contributed by atoms with Crippen molar-refractivity contribution in [1.29, 1.82) is 0 Å². The smallest absolute Gasteiger partial charge is 0.309 e. The Morgan fingerprint density at radius 1 is 1.05 bits per heavy atom. The van der Waals surface area contributed by atoms with Crippen molar-refractivity contribution in [3.8, 4) is 0 Å². The van der Waals surface area contributed by atoms with E-state index in [-0.39, 0.29) is 23.3 Å². The summed E-state index contributed by atoms with van der Waals surface area (Å²) in [4.78, 5) is 23.0. The van der Waals surface area contributed by atoms with Crippen LogP contribution < -0.4 is 0 Å². The lowest BCUT2D eigenvalue weighted by molar-refractivity contribution is -0.163. The van der Waals surface area contributed by atoms with Gasteiger partial charge < -0.3 is 9.53 Å². The van der Waals surface area contributed by atoms with Gasteiger partial charge in [0.1, 0.15) is 11.4 Å². The van der Waals surface area contributed by atoms with E-state index in [1.165, 1.54) is 6.42 Å². The molecule has 1 saturated carbocycles. The van der Waals surface area contributed by atoms with Gasteiger partial charge in [0.2, 0.25) is 0 Å². The van der Waals surface area contributed by atoms with Gasteiger partial charge in [-0.3, -0.25) is 4.79 Å². The molecule has 0 amide bonds. The van der Waals surface area contributed by atoms with E-state index in [0.29, 0.717) is 6.42 Å². The van der Waals surface area contributed by atoms with Crippen molar-refractivity contribution in [2.75, 3.05) is 0 Å². The Balaban J connectivity index is 2.22. The Labute approximate surface area is 123 Å². The molecule has 0 aromatic rings. The molecule has 0 spiro atoms. The molecule has 0 radical (unpaired) electrons. The normalized spacial score (nSPS) is 16.9. The maximum atomic E-state index is 12.1. The molecule has 3 heteroatoms. The van der Waals surface area contributed by atoms with Gasteiger partial charge in [-0.15, -0.1) is 0 Å².